The molecule has 1 aromatic heterocycles. The van der Waals surface area contributed by atoms with Crippen molar-refractivity contribution in [2.75, 3.05) is 7.11 Å². The monoisotopic (exact) mass is 349 g/mol. The molecule has 0 bridgehead atoms. The number of aliphatic hydroxyl groups excluding tert-OH is 1. The number of rotatable bonds is 3. The Hall–Kier alpha value is -1.26. The van der Waals surface area contributed by atoms with Crippen molar-refractivity contribution < 1.29 is 9.84 Å². The van der Waals surface area contributed by atoms with Gasteiger partial charge in [0.2, 0.25) is 0 Å². The highest BCUT2D eigenvalue weighted by molar-refractivity contribution is 9.10. The van der Waals surface area contributed by atoms with Crippen LogP contribution in [0.3, 0.4) is 0 Å². The van der Waals surface area contributed by atoms with Crippen LogP contribution in [0.1, 0.15) is 42.1 Å². The van der Waals surface area contributed by atoms with Crippen LogP contribution < -0.4 is 4.74 Å². The lowest BCUT2D eigenvalue weighted by Crippen LogP contribution is -2.00. The molecule has 4 heteroatoms. The maximum atomic E-state index is 10.2. The van der Waals surface area contributed by atoms with E-state index in [4.69, 9.17) is 4.74 Å². The van der Waals surface area contributed by atoms with Gasteiger partial charge in [-0.15, -0.1) is 0 Å². The fraction of sp³-hybridized carbons (Fsp3) is 0.412. The zero-order chi connectivity index (χ0) is 14.8. The number of halogens is 1. The first-order chi connectivity index (χ1) is 10.2. The second kappa shape index (κ2) is 6.24. The first-order valence-corrected chi connectivity index (χ1v) is 8.15. The van der Waals surface area contributed by atoms with Crippen molar-refractivity contribution in [3.05, 3.63) is 51.8 Å². The van der Waals surface area contributed by atoms with Crippen molar-refractivity contribution in [1.82, 2.24) is 4.57 Å². The SMILES string of the molecule is COc1ccc(Br)cc1Cn1cc2c(c1)C(O)CCCC2. The normalized spacial score (nSPS) is 18.1. The summed E-state index contributed by atoms with van der Waals surface area (Å²) < 4.78 is 8.64. The zero-order valence-corrected chi connectivity index (χ0v) is 13.8. The van der Waals surface area contributed by atoms with Crippen molar-refractivity contribution in [1.29, 1.82) is 0 Å². The largest absolute Gasteiger partial charge is 0.496 e. The van der Waals surface area contributed by atoms with E-state index in [-0.39, 0.29) is 6.10 Å². The van der Waals surface area contributed by atoms with Gasteiger partial charge in [0.15, 0.2) is 0 Å². The molecule has 0 aliphatic heterocycles. The lowest BCUT2D eigenvalue weighted by molar-refractivity contribution is 0.166. The highest BCUT2D eigenvalue weighted by atomic mass is 79.9. The van der Waals surface area contributed by atoms with Gasteiger partial charge in [-0.05, 0) is 43.0 Å². The fourth-order valence-corrected chi connectivity index (χ4v) is 3.46. The molecule has 0 amide bonds. The van der Waals surface area contributed by atoms with Gasteiger partial charge in [-0.1, -0.05) is 22.4 Å². The molecule has 1 N–H and O–H groups in total. The Bertz CT molecular complexity index is 636. The molecule has 0 saturated carbocycles. The number of aliphatic hydroxyl groups is 1. The molecule has 2 aromatic rings. The number of aromatic nitrogens is 1. The van der Waals surface area contributed by atoms with E-state index in [9.17, 15) is 5.11 Å². The van der Waals surface area contributed by atoms with Crippen LogP contribution in [0, 0.1) is 0 Å². The molecule has 0 radical (unpaired) electrons. The van der Waals surface area contributed by atoms with E-state index in [2.05, 4.69) is 39.0 Å². The summed E-state index contributed by atoms with van der Waals surface area (Å²) in [5, 5.41) is 10.2. The molecule has 1 aliphatic rings. The predicted molar refractivity (Wildman–Crippen MR) is 86.7 cm³/mol. The van der Waals surface area contributed by atoms with Gasteiger partial charge < -0.3 is 14.4 Å². The standard InChI is InChI=1S/C17H20BrNO2/c1-21-17-7-6-14(18)8-13(17)10-19-9-12-4-2-3-5-16(20)15(12)11-19/h6-9,11,16,20H,2-5,10H2,1H3. The smallest absolute Gasteiger partial charge is 0.123 e. The van der Waals surface area contributed by atoms with Crippen molar-refractivity contribution in [3.8, 4) is 5.75 Å². The van der Waals surface area contributed by atoms with E-state index in [1.165, 1.54) is 5.56 Å². The average molecular weight is 350 g/mol. The maximum absolute atomic E-state index is 10.2. The Morgan fingerprint density at radius 2 is 2.19 bits per heavy atom. The van der Waals surface area contributed by atoms with E-state index < -0.39 is 0 Å². The molecule has 1 heterocycles. The molecule has 21 heavy (non-hydrogen) atoms. The molecule has 1 atom stereocenters. The molecule has 3 rings (SSSR count). The number of hydrogen-bond donors (Lipinski definition) is 1. The average Bonchev–Trinajstić information content (AvgIpc) is 2.79. The van der Waals surface area contributed by atoms with Crippen molar-refractivity contribution in [2.24, 2.45) is 0 Å². The number of ether oxygens (including phenoxy) is 1. The fourth-order valence-electron chi connectivity index (χ4n) is 3.05. The van der Waals surface area contributed by atoms with Crippen LogP contribution >= 0.6 is 15.9 Å². The minimum absolute atomic E-state index is 0.312. The molecule has 1 aliphatic carbocycles. The lowest BCUT2D eigenvalue weighted by atomic mass is 10.1. The summed E-state index contributed by atoms with van der Waals surface area (Å²) in [6.45, 7) is 0.752. The zero-order valence-electron chi connectivity index (χ0n) is 12.2. The topological polar surface area (TPSA) is 34.4 Å². The minimum atomic E-state index is -0.312. The molecule has 3 nitrogen and oxygen atoms in total. The number of hydrogen-bond acceptors (Lipinski definition) is 2. The summed E-state index contributed by atoms with van der Waals surface area (Å²) in [6, 6.07) is 6.04. The van der Waals surface area contributed by atoms with Gasteiger partial charge in [-0.3, -0.25) is 0 Å². The molecular weight excluding hydrogens is 330 g/mol. The first kappa shape index (κ1) is 14.7. The molecule has 0 spiro atoms. The Labute approximate surface area is 133 Å². The van der Waals surface area contributed by atoms with Crippen LogP contribution in [0.5, 0.6) is 5.75 Å². The Kier molecular flexibility index (Phi) is 4.36. The molecule has 0 fully saturated rings. The van der Waals surface area contributed by atoms with E-state index in [0.717, 1.165) is 53.6 Å². The summed E-state index contributed by atoms with van der Waals surface area (Å²) in [5.41, 5.74) is 3.52. The molecule has 1 unspecified atom stereocenters. The van der Waals surface area contributed by atoms with Crippen molar-refractivity contribution >= 4 is 15.9 Å². The van der Waals surface area contributed by atoms with Crippen LogP contribution in [0.4, 0.5) is 0 Å². The van der Waals surface area contributed by atoms with Crippen LogP contribution in [0.25, 0.3) is 0 Å². The van der Waals surface area contributed by atoms with Crippen LogP contribution in [0.15, 0.2) is 35.1 Å². The second-order valence-corrected chi connectivity index (χ2v) is 6.54. The number of benzene rings is 1. The Balaban J connectivity index is 1.89. The van der Waals surface area contributed by atoms with Crippen LogP contribution in [-0.2, 0) is 13.0 Å². The summed E-state index contributed by atoms with van der Waals surface area (Å²) in [4.78, 5) is 0. The summed E-state index contributed by atoms with van der Waals surface area (Å²) in [5.74, 6) is 0.891. The summed E-state index contributed by atoms with van der Waals surface area (Å²) >= 11 is 3.51. The van der Waals surface area contributed by atoms with E-state index in [1.54, 1.807) is 7.11 Å². The quantitative estimate of drug-likeness (QED) is 0.847. The predicted octanol–water partition coefficient (Wildman–Crippen LogP) is 4.07. The van der Waals surface area contributed by atoms with Crippen molar-refractivity contribution in [3.63, 3.8) is 0 Å². The summed E-state index contributed by atoms with van der Waals surface area (Å²) in [7, 11) is 1.70. The second-order valence-electron chi connectivity index (χ2n) is 5.63. The van der Waals surface area contributed by atoms with Crippen molar-refractivity contribution in [2.45, 2.75) is 38.3 Å². The van der Waals surface area contributed by atoms with Gasteiger partial charge >= 0.3 is 0 Å². The third kappa shape index (κ3) is 3.16. The first-order valence-electron chi connectivity index (χ1n) is 7.36. The van der Waals surface area contributed by atoms with Gasteiger partial charge in [0.05, 0.1) is 19.8 Å². The molecule has 112 valence electrons. The third-order valence-electron chi connectivity index (χ3n) is 4.13. The van der Waals surface area contributed by atoms with E-state index in [1.807, 2.05) is 12.1 Å². The Morgan fingerprint density at radius 1 is 1.33 bits per heavy atom. The van der Waals surface area contributed by atoms with E-state index >= 15 is 0 Å². The molecule has 0 saturated heterocycles. The van der Waals surface area contributed by atoms with Gasteiger partial charge in [0.25, 0.3) is 0 Å². The summed E-state index contributed by atoms with van der Waals surface area (Å²) in [6.07, 6.45) is 8.15. The third-order valence-corrected chi connectivity index (χ3v) is 4.62. The highest BCUT2D eigenvalue weighted by Crippen LogP contribution is 2.30. The number of methoxy groups -OCH3 is 1. The molecule has 1 aromatic carbocycles. The van der Waals surface area contributed by atoms with E-state index in [0.29, 0.717) is 0 Å². The van der Waals surface area contributed by atoms with Gasteiger partial charge in [0.1, 0.15) is 5.75 Å². The highest BCUT2D eigenvalue weighted by Gasteiger charge is 2.18. The van der Waals surface area contributed by atoms with Crippen LogP contribution in [0.2, 0.25) is 0 Å². The Morgan fingerprint density at radius 3 is 3.00 bits per heavy atom. The number of aryl methyl sites for hydroxylation is 1. The number of nitrogens with zero attached hydrogens (tertiary/aromatic N) is 1. The maximum Gasteiger partial charge on any atom is 0.123 e. The van der Waals surface area contributed by atoms with Gasteiger partial charge in [-0.2, -0.15) is 0 Å². The number of fused-ring (bicyclic) bond motifs is 1. The van der Waals surface area contributed by atoms with Gasteiger partial charge in [-0.25, -0.2) is 0 Å². The minimum Gasteiger partial charge on any atom is -0.496 e. The lowest BCUT2D eigenvalue weighted by Gasteiger charge is -2.10. The van der Waals surface area contributed by atoms with Crippen LogP contribution in [-0.4, -0.2) is 16.8 Å². The molecular formula is C17H20BrNO2. The van der Waals surface area contributed by atoms with Gasteiger partial charge in [0, 0.05) is 28.0 Å².